The summed E-state index contributed by atoms with van der Waals surface area (Å²) >= 11 is 2.04. The Morgan fingerprint density at radius 1 is 1.10 bits per heavy atom. The number of nitrogens with one attached hydrogen (secondary N) is 1. The Labute approximate surface area is 132 Å². The molecule has 0 radical (unpaired) electrons. The van der Waals surface area contributed by atoms with Gasteiger partial charge in [-0.25, -0.2) is 8.42 Å². The molecule has 0 aromatic heterocycles. The van der Waals surface area contributed by atoms with E-state index in [2.05, 4.69) is 4.72 Å². The molecule has 2 aromatic rings. The predicted octanol–water partition coefficient (Wildman–Crippen LogP) is 3.41. The van der Waals surface area contributed by atoms with E-state index >= 15 is 0 Å². The summed E-state index contributed by atoms with van der Waals surface area (Å²) in [6.07, 6.45) is 0. The highest BCUT2D eigenvalue weighted by Crippen LogP contribution is 2.25. The van der Waals surface area contributed by atoms with E-state index in [-0.39, 0.29) is 4.90 Å². The molecule has 0 atom stereocenters. The molecule has 0 aliphatic rings. The van der Waals surface area contributed by atoms with Crippen LogP contribution in [0, 0.1) is 10.5 Å². The first-order chi connectivity index (χ1) is 9.42. The molecule has 1 N–H and O–H groups in total. The third-order valence-electron chi connectivity index (χ3n) is 2.74. The third-order valence-corrected chi connectivity index (χ3v) is 4.96. The van der Waals surface area contributed by atoms with Gasteiger partial charge in [0, 0.05) is 5.69 Å². The third kappa shape index (κ3) is 3.43. The van der Waals surface area contributed by atoms with Gasteiger partial charge in [-0.1, -0.05) is 17.7 Å². The van der Waals surface area contributed by atoms with Gasteiger partial charge in [0.25, 0.3) is 10.0 Å². The zero-order chi connectivity index (χ0) is 14.8. The topological polar surface area (TPSA) is 55.4 Å². The second-order valence-corrected chi connectivity index (χ2v) is 7.11. The Hall–Kier alpha value is -1.28. The van der Waals surface area contributed by atoms with E-state index in [1.807, 2.05) is 41.6 Å². The largest absolute Gasteiger partial charge is 0.496 e. The van der Waals surface area contributed by atoms with Gasteiger partial charge in [-0.05, 0) is 59.8 Å². The maximum Gasteiger partial charge on any atom is 0.261 e. The van der Waals surface area contributed by atoms with Crippen molar-refractivity contribution in [2.75, 3.05) is 11.8 Å². The second kappa shape index (κ2) is 6.01. The number of halogens is 1. The smallest absolute Gasteiger partial charge is 0.261 e. The van der Waals surface area contributed by atoms with Gasteiger partial charge < -0.3 is 4.74 Å². The van der Waals surface area contributed by atoms with Crippen LogP contribution in [0.2, 0.25) is 0 Å². The molecule has 0 aliphatic carbocycles. The molecule has 4 nitrogen and oxygen atoms in total. The van der Waals surface area contributed by atoms with Gasteiger partial charge in [0.1, 0.15) is 5.75 Å². The van der Waals surface area contributed by atoms with Gasteiger partial charge in [0.05, 0.1) is 15.6 Å². The van der Waals surface area contributed by atoms with Crippen molar-refractivity contribution in [1.82, 2.24) is 0 Å². The average Bonchev–Trinajstić information content (AvgIpc) is 2.41. The number of anilines is 1. The highest BCUT2D eigenvalue weighted by atomic mass is 127. The van der Waals surface area contributed by atoms with Crippen molar-refractivity contribution in [3.63, 3.8) is 0 Å². The Bertz CT molecular complexity index is 712. The summed E-state index contributed by atoms with van der Waals surface area (Å²) in [4.78, 5) is 0.211. The van der Waals surface area contributed by atoms with E-state index in [0.29, 0.717) is 11.4 Å². The molecule has 106 valence electrons. The molecule has 0 unspecified atom stereocenters. The maximum atomic E-state index is 12.3. The van der Waals surface area contributed by atoms with Gasteiger partial charge in [-0.2, -0.15) is 0 Å². The van der Waals surface area contributed by atoms with Crippen LogP contribution in [0.1, 0.15) is 5.56 Å². The van der Waals surface area contributed by atoms with E-state index in [0.717, 1.165) is 9.13 Å². The molecule has 0 amide bonds. The zero-order valence-corrected chi connectivity index (χ0v) is 14.0. The summed E-state index contributed by atoms with van der Waals surface area (Å²) < 4.78 is 33.0. The number of sulfonamides is 1. The molecule has 0 fully saturated rings. The molecule has 0 bridgehead atoms. The van der Waals surface area contributed by atoms with Crippen molar-refractivity contribution >= 4 is 38.3 Å². The number of rotatable bonds is 4. The lowest BCUT2D eigenvalue weighted by molar-refractivity contribution is 0.411. The fourth-order valence-electron chi connectivity index (χ4n) is 1.65. The van der Waals surface area contributed by atoms with Gasteiger partial charge in [0.15, 0.2) is 0 Å². The number of ether oxygens (including phenoxy) is 1. The fraction of sp³-hybridized carbons (Fsp3) is 0.143. The first-order valence-corrected chi connectivity index (χ1v) is 8.41. The molecule has 6 heteroatoms. The Kier molecular flexibility index (Phi) is 4.54. The van der Waals surface area contributed by atoms with E-state index < -0.39 is 10.0 Å². The summed E-state index contributed by atoms with van der Waals surface area (Å²) in [7, 11) is -2.03. The molecule has 20 heavy (non-hydrogen) atoms. The number of hydrogen-bond acceptors (Lipinski definition) is 3. The highest BCUT2D eigenvalue weighted by Gasteiger charge is 2.15. The van der Waals surface area contributed by atoms with Gasteiger partial charge in [0.2, 0.25) is 0 Å². The van der Waals surface area contributed by atoms with Crippen LogP contribution >= 0.6 is 22.6 Å². The van der Waals surface area contributed by atoms with E-state index in [1.165, 1.54) is 6.07 Å². The van der Waals surface area contributed by atoms with Crippen molar-refractivity contribution < 1.29 is 13.2 Å². The van der Waals surface area contributed by atoms with Crippen LogP contribution in [0.15, 0.2) is 47.4 Å². The van der Waals surface area contributed by atoms with E-state index in [9.17, 15) is 8.42 Å². The number of hydrogen-bond donors (Lipinski definition) is 1. The van der Waals surface area contributed by atoms with Crippen LogP contribution in [0.5, 0.6) is 5.75 Å². The van der Waals surface area contributed by atoms with Crippen LogP contribution in [-0.2, 0) is 10.0 Å². The first-order valence-electron chi connectivity index (χ1n) is 5.85. The quantitative estimate of drug-likeness (QED) is 0.797. The molecule has 2 rings (SSSR count). The van der Waals surface area contributed by atoms with E-state index in [1.54, 1.807) is 31.4 Å². The lowest BCUT2D eigenvalue weighted by Crippen LogP contribution is -2.13. The fourth-order valence-corrected chi connectivity index (χ4v) is 3.68. The van der Waals surface area contributed by atoms with Gasteiger partial charge in [-0.15, -0.1) is 0 Å². The molecule has 2 aromatic carbocycles. The molecule has 0 heterocycles. The SMILES string of the molecule is COc1ccc(S(=O)(=O)Nc2ccc(C)cc2)cc1I. The molecular weight excluding hydrogens is 389 g/mol. The number of aryl methyl sites for hydroxylation is 1. The van der Waals surface area contributed by atoms with Crippen LogP contribution < -0.4 is 9.46 Å². The minimum absolute atomic E-state index is 0.211. The number of benzene rings is 2. The highest BCUT2D eigenvalue weighted by molar-refractivity contribution is 14.1. The molecule has 0 aliphatic heterocycles. The summed E-state index contributed by atoms with van der Waals surface area (Å²) in [5.41, 5.74) is 1.62. The Morgan fingerprint density at radius 2 is 1.75 bits per heavy atom. The van der Waals surface area contributed by atoms with Crippen molar-refractivity contribution in [3.8, 4) is 5.75 Å². The van der Waals surface area contributed by atoms with Gasteiger partial charge >= 0.3 is 0 Å². The predicted molar refractivity (Wildman–Crippen MR) is 87.7 cm³/mol. The van der Waals surface area contributed by atoms with E-state index in [4.69, 9.17) is 4.74 Å². The minimum atomic E-state index is -3.58. The van der Waals surface area contributed by atoms with Crippen LogP contribution in [0.25, 0.3) is 0 Å². The zero-order valence-electron chi connectivity index (χ0n) is 11.1. The minimum Gasteiger partial charge on any atom is -0.496 e. The molecule has 0 spiro atoms. The van der Waals surface area contributed by atoms with Gasteiger partial charge in [-0.3, -0.25) is 4.72 Å². The van der Waals surface area contributed by atoms with Crippen molar-refractivity contribution in [2.45, 2.75) is 11.8 Å². The van der Waals surface area contributed by atoms with Crippen molar-refractivity contribution in [1.29, 1.82) is 0 Å². The van der Waals surface area contributed by atoms with Crippen LogP contribution in [0.4, 0.5) is 5.69 Å². The van der Waals surface area contributed by atoms with Crippen molar-refractivity contribution in [2.24, 2.45) is 0 Å². The molecule has 0 saturated carbocycles. The Morgan fingerprint density at radius 3 is 2.30 bits per heavy atom. The number of methoxy groups -OCH3 is 1. The maximum absolute atomic E-state index is 12.3. The average molecular weight is 403 g/mol. The standard InChI is InChI=1S/C14H14INO3S/c1-10-3-5-11(6-4-10)16-20(17,18)12-7-8-14(19-2)13(15)9-12/h3-9,16H,1-2H3. The summed E-state index contributed by atoms with van der Waals surface area (Å²) in [5.74, 6) is 0.653. The lowest BCUT2D eigenvalue weighted by atomic mass is 10.2. The monoisotopic (exact) mass is 403 g/mol. The van der Waals surface area contributed by atoms with Crippen LogP contribution in [-0.4, -0.2) is 15.5 Å². The molecule has 0 saturated heterocycles. The first kappa shape index (κ1) is 15.1. The Balaban J connectivity index is 2.30. The summed E-state index contributed by atoms with van der Waals surface area (Å²) in [5, 5.41) is 0. The molecular formula is C14H14INO3S. The lowest BCUT2D eigenvalue weighted by Gasteiger charge is -2.10. The normalized spacial score (nSPS) is 11.2. The summed E-state index contributed by atoms with van der Waals surface area (Å²) in [6.45, 7) is 1.95. The second-order valence-electron chi connectivity index (χ2n) is 4.27. The van der Waals surface area contributed by atoms with Crippen molar-refractivity contribution in [3.05, 3.63) is 51.6 Å². The van der Waals surface area contributed by atoms with Crippen LogP contribution in [0.3, 0.4) is 0 Å². The summed E-state index contributed by atoms with van der Waals surface area (Å²) in [6, 6.07) is 11.9.